The monoisotopic (exact) mass is 296 g/mol. The van der Waals surface area contributed by atoms with E-state index < -0.39 is 4.93 Å². The molecule has 1 saturated heterocycles. The number of ketones is 1. The molecule has 0 aliphatic carbocycles. The summed E-state index contributed by atoms with van der Waals surface area (Å²) < 4.78 is 11.5. The normalized spacial score (nSPS) is 30.1. The zero-order valence-corrected chi connectivity index (χ0v) is 13.4. The van der Waals surface area contributed by atoms with E-state index in [4.69, 9.17) is 9.15 Å². The van der Waals surface area contributed by atoms with Crippen LogP contribution in [0.1, 0.15) is 58.6 Å². The Kier molecular flexibility index (Phi) is 4.97. The average molecular weight is 296 g/mol. The lowest BCUT2D eigenvalue weighted by atomic mass is 9.94. The maximum atomic E-state index is 12.3. The van der Waals surface area contributed by atoms with E-state index in [-0.39, 0.29) is 11.4 Å². The highest BCUT2D eigenvalue weighted by molar-refractivity contribution is 8.00. The molecule has 1 aromatic rings. The summed E-state index contributed by atoms with van der Waals surface area (Å²) in [6.07, 6.45) is 6.66. The molecule has 0 bridgehead atoms. The number of thioether (sulfide) groups is 1. The van der Waals surface area contributed by atoms with E-state index in [1.165, 1.54) is 24.6 Å². The molecular formula is C16H24O3S. The number of hydrogen-bond acceptors (Lipinski definition) is 4. The van der Waals surface area contributed by atoms with Gasteiger partial charge >= 0.3 is 0 Å². The Morgan fingerprint density at radius 1 is 1.35 bits per heavy atom. The van der Waals surface area contributed by atoms with Crippen molar-refractivity contribution in [1.82, 2.24) is 0 Å². The minimum Gasteiger partial charge on any atom is -0.468 e. The zero-order valence-electron chi connectivity index (χ0n) is 12.6. The van der Waals surface area contributed by atoms with Crippen molar-refractivity contribution in [3.8, 4) is 0 Å². The number of furan rings is 1. The van der Waals surface area contributed by atoms with Crippen LogP contribution in [0, 0.1) is 0 Å². The minimum absolute atomic E-state index is 0.202. The van der Waals surface area contributed by atoms with Gasteiger partial charge in [-0.1, -0.05) is 26.2 Å². The van der Waals surface area contributed by atoms with Crippen LogP contribution in [0.3, 0.4) is 0 Å². The van der Waals surface area contributed by atoms with Crippen molar-refractivity contribution in [3.05, 3.63) is 24.2 Å². The lowest BCUT2D eigenvalue weighted by Gasteiger charge is -2.28. The highest BCUT2D eigenvalue weighted by Crippen LogP contribution is 2.45. The highest BCUT2D eigenvalue weighted by atomic mass is 32.2. The van der Waals surface area contributed by atoms with E-state index >= 15 is 0 Å². The van der Waals surface area contributed by atoms with Gasteiger partial charge in [0.1, 0.15) is 5.76 Å². The number of Topliss-reactive ketones (excluding diaryl/α,β-unsaturated/α-hetero) is 1. The Hall–Kier alpha value is -0.740. The molecule has 20 heavy (non-hydrogen) atoms. The van der Waals surface area contributed by atoms with E-state index in [2.05, 4.69) is 13.8 Å². The molecule has 4 heteroatoms. The smallest absolute Gasteiger partial charge is 0.177 e. The number of carbonyl (C=O) groups excluding carboxylic acids is 1. The Bertz CT molecular complexity index is 443. The summed E-state index contributed by atoms with van der Waals surface area (Å²) in [4.78, 5) is 11.6. The third-order valence-corrected chi connectivity index (χ3v) is 5.15. The van der Waals surface area contributed by atoms with Crippen LogP contribution in [-0.4, -0.2) is 16.3 Å². The zero-order chi connectivity index (χ0) is 14.6. The molecule has 1 aliphatic heterocycles. The van der Waals surface area contributed by atoms with E-state index in [0.717, 1.165) is 18.6 Å². The summed E-state index contributed by atoms with van der Waals surface area (Å²) in [6.45, 7) is 6.15. The molecule has 0 saturated carbocycles. The van der Waals surface area contributed by atoms with Crippen LogP contribution < -0.4 is 0 Å². The number of rotatable bonds is 7. The fourth-order valence-electron chi connectivity index (χ4n) is 2.67. The molecule has 0 radical (unpaired) electrons. The third-order valence-electron chi connectivity index (χ3n) is 3.86. The van der Waals surface area contributed by atoms with Crippen LogP contribution in [0.4, 0.5) is 0 Å². The molecule has 1 aliphatic rings. The first kappa shape index (κ1) is 15.6. The maximum Gasteiger partial charge on any atom is 0.177 e. The number of ether oxygens (including phenoxy) is 1. The summed E-state index contributed by atoms with van der Waals surface area (Å²) in [7, 11) is 0. The molecule has 1 aromatic heterocycles. The molecule has 2 rings (SSSR count). The maximum absolute atomic E-state index is 12.3. The molecule has 2 heterocycles. The second kappa shape index (κ2) is 6.35. The Labute approximate surface area is 125 Å². The van der Waals surface area contributed by atoms with Crippen molar-refractivity contribution < 1.29 is 13.9 Å². The van der Waals surface area contributed by atoms with E-state index in [1.54, 1.807) is 6.26 Å². The molecule has 0 amide bonds. The van der Waals surface area contributed by atoms with Crippen molar-refractivity contribution in [2.75, 3.05) is 0 Å². The van der Waals surface area contributed by atoms with Gasteiger partial charge in [0.15, 0.2) is 10.7 Å². The molecule has 1 fully saturated rings. The van der Waals surface area contributed by atoms with Gasteiger partial charge in [0, 0.05) is 6.42 Å². The van der Waals surface area contributed by atoms with Crippen molar-refractivity contribution in [3.63, 3.8) is 0 Å². The second-order valence-corrected chi connectivity index (χ2v) is 7.28. The lowest BCUT2D eigenvalue weighted by Crippen LogP contribution is -2.31. The first-order valence-corrected chi connectivity index (χ1v) is 8.36. The quantitative estimate of drug-likeness (QED) is 0.692. The minimum atomic E-state index is -0.728. The summed E-state index contributed by atoms with van der Waals surface area (Å²) in [5.74, 6) is 1.75. The first-order chi connectivity index (χ1) is 9.47. The topological polar surface area (TPSA) is 39.4 Å². The molecule has 3 nitrogen and oxygen atoms in total. The summed E-state index contributed by atoms with van der Waals surface area (Å²) >= 11 is 1.53. The Morgan fingerprint density at radius 2 is 2.15 bits per heavy atom. The largest absolute Gasteiger partial charge is 0.468 e. The van der Waals surface area contributed by atoms with Crippen molar-refractivity contribution in [1.29, 1.82) is 0 Å². The number of hydrogen-bond donors (Lipinski definition) is 0. The van der Waals surface area contributed by atoms with Crippen molar-refractivity contribution in [2.24, 2.45) is 0 Å². The van der Waals surface area contributed by atoms with Gasteiger partial charge in [-0.2, -0.15) is 0 Å². The third kappa shape index (κ3) is 3.67. The fourth-order valence-corrected chi connectivity index (χ4v) is 3.74. The highest BCUT2D eigenvalue weighted by Gasteiger charge is 2.50. The molecule has 2 unspecified atom stereocenters. The van der Waals surface area contributed by atoms with Gasteiger partial charge in [-0.05, 0) is 32.4 Å². The van der Waals surface area contributed by atoms with E-state index in [9.17, 15) is 4.79 Å². The van der Waals surface area contributed by atoms with Crippen LogP contribution in [0.15, 0.2) is 22.8 Å². The second-order valence-electron chi connectivity index (χ2n) is 5.92. The van der Waals surface area contributed by atoms with E-state index in [1.807, 2.05) is 19.1 Å². The molecular weight excluding hydrogens is 272 g/mol. The lowest BCUT2D eigenvalue weighted by molar-refractivity contribution is -0.125. The predicted octanol–water partition coefficient (Wildman–Crippen LogP) is 4.56. The molecule has 2 atom stereocenters. The molecule has 0 spiro atoms. The summed E-state index contributed by atoms with van der Waals surface area (Å²) in [5.41, 5.74) is -0.294. The van der Waals surface area contributed by atoms with Crippen molar-refractivity contribution in [2.45, 2.75) is 69.2 Å². The van der Waals surface area contributed by atoms with Gasteiger partial charge < -0.3 is 9.15 Å². The van der Waals surface area contributed by atoms with Gasteiger partial charge in [0.2, 0.25) is 0 Å². The van der Waals surface area contributed by atoms with Crippen LogP contribution in [0.5, 0.6) is 0 Å². The first-order valence-electron chi connectivity index (χ1n) is 7.37. The number of unbranched alkanes of at least 4 members (excludes halogenated alkanes) is 2. The van der Waals surface area contributed by atoms with Gasteiger partial charge in [0.25, 0.3) is 0 Å². The molecule has 112 valence electrons. The van der Waals surface area contributed by atoms with Gasteiger partial charge in [-0.3, -0.25) is 4.79 Å². The van der Waals surface area contributed by atoms with Crippen LogP contribution in [0.2, 0.25) is 0 Å². The van der Waals surface area contributed by atoms with Crippen LogP contribution in [-0.2, 0) is 15.3 Å². The van der Waals surface area contributed by atoms with Gasteiger partial charge in [-0.25, -0.2) is 0 Å². The Morgan fingerprint density at radius 3 is 2.80 bits per heavy atom. The number of carbonyl (C=O) groups is 1. The summed E-state index contributed by atoms with van der Waals surface area (Å²) in [6, 6.07) is 3.79. The standard InChI is InChI=1S/C16H24O3S/c1-4-5-6-9-15(2)11-14(17)16(3,19-15)20-12-13-8-7-10-18-13/h7-8,10H,4-6,9,11-12H2,1-3H3. The fraction of sp³-hybridized carbons (Fsp3) is 0.688. The van der Waals surface area contributed by atoms with Crippen LogP contribution in [0.25, 0.3) is 0 Å². The van der Waals surface area contributed by atoms with Crippen molar-refractivity contribution >= 4 is 17.5 Å². The van der Waals surface area contributed by atoms with Crippen LogP contribution >= 0.6 is 11.8 Å². The Balaban J connectivity index is 1.92. The molecule has 0 N–H and O–H groups in total. The molecule has 0 aromatic carbocycles. The average Bonchev–Trinajstić information content (AvgIpc) is 2.96. The predicted molar refractivity (Wildman–Crippen MR) is 81.7 cm³/mol. The SMILES string of the molecule is CCCCCC1(C)CC(=O)C(C)(SCc2ccco2)O1. The van der Waals surface area contributed by atoms with Gasteiger partial charge in [-0.15, -0.1) is 11.8 Å². The van der Waals surface area contributed by atoms with E-state index in [0.29, 0.717) is 12.2 Å². The van der Waals surface area contributed by atoms with Gasteiger partial charge in [0.05, 0.1) is 17.6 Å². The summed E-state index contributed by atoms with van der Waals surface area (Å²) in [5, 5.41) is 0.